The van der Waals surface area contributed by atoms with E-state index in [1.165, 1.54) is 5.56 Å². The Kier molecular flexibility index (Phi) is 5.66. The van der Waals surface area contributed by atoms with Gasteiger partial charge < -0.3 is 14.8 Å². The summed E-state index contributed by atoms with van der Waals surface area (Å²) in [5, 5.41) is 23.1. The van der Waals surface area contributed by atoms with Gasteiger partial charge in [0.2, 0.25) is 0 Å². The van der Waals surface area contributed by atoms with Crippen molar-refractivity contribution in [1.82, 2.24) is 25.0 Å². The van der Waals surface area contributed by atoms with Crippen LogP contribution >= 0.6 is 11.8 Å². The number of anilines is 1. The molecule has 2 saturated carbocycles. The SMILES string of the molecule is CCCSc1nc(N[C@@H]2C[C@H]2c2ccccc2)c2nnn([C@@H]3C[C@H](C#N)[C@H]4OC(C)(C)O[C@H]43)c2n1. The number of hydrogen-bond donors (Lipinski definition) is 1. The lowest BCUT2D eigenvalue weighted by molar-refractivity contribution is -0.158. The Hall–Kier alpha value is -2.74. The van der Waals surface area contributed by atoms with Crippen LogP contribution in [0.5, 0.6) is 0 Å². The van der Waals surface area contributed by atoms with E-state index < -0.39 is 5.79 Å². The third-order valence-electron chi connectivity index (χ3n) is 6.99. The van der Waals surface area contributed by atoms with Gasteiger partial charge in [0.15, 0.2) is 27.9 Å². The van der Waals surface area contributed by atoms with Gasteiger partial charge in [-0.15, -0.1) is 5.10 Å². The third-order valence-corrected chi connectivity index (χ3v) is 8.05. The molecule has 3 aliphatic rings. The van der Waals surface area contributed by atoms with Crippen molar-refractivity contribution in [2.75, 3.05) is 11.1 Å². The maximum atomic E-state index is 9.75. The van der Waals surface area contributed by atoms with E-state index in [-0.39, 0.29) is 24.2 Å². The molecule has 1 aliphatic heterocycles. The maximum Gasteiger partial charge on any atom is 0.191 e. The quantitative estimate of drug-likeness (QED) is 0.382. The van der Waals surface area contributed by atoms with Crippen molar-refractivity contribution in [3.63, 3.8) is 0 Å². The van der Waals surface area contributed by atoms with Gasteiger partial charge in [0.25, 0.3) is 0 Å². The molecule has 0 bridgehead atoms. The Balaban J connectivity index is 1.34. The Bertz CT molecular complexity index is 1270. The molecule has 9 nitrogen and oxygen atoms in total. The van der Waals surface area contributed by atoms with Gasteiger partial charge in [-0.3, -0.25) is 0 Å². The van der Waals surface area contributed by atoms with E-state index in [2.05, 4.69) is 52.9 Å². The molecule has 3 fully saturated rings. The summed E-state index contributed by atoms with van der Waals surface area (Å²) in [5.41, 5.74) is 2.66. The second-order valence-electron chi connectivity index (χ2n) is 10.0. The Morgan fingerprint density at radius 3 is 2.74 bits per heavy atom. The van der Waals surface area contributed by atoms with Crippen LogP contribution in [0.15, 0.2) is 35.5 Å². The second kappa shape index (κ2) is 8.73. The molecule has 35 heavy (non-hydrogen) atoms. The molecule has 0 unspecified atom stereocenters. The van der Waals surface area contributed by atoms with Crippen LogP contribution in [0.3, 0.4) is 0 Å². The number of nitrogens with one attached hydrogen (secondary N) is 1. The summed E-state index contributed by atoms with van der Waals surface area (Å²) < 4.78 is 14.1. The van der Waals surface area contributed by atoms with Crippen molar-refractivity contribution in [2.45, 2.75) is 81.2 Å². The monoisotopic (exact) mass is 491 g/mol. The van der Waals surface area contributed by atoms with E-state index in [1.54, 1.807) is 11.8 Å². The van der Waals surface area contributed by atoms with Crippen LogP contribution in [-0.2, 0) is 9.47 Å². The molecule has 6 rings (SSSR count). The normalized spacial score (nSPS) is 30.8. The number of aromatic nitrogens is 5. The van der Waals surface area contributed by atoms with Gasteiger partial charge in [-0.1, -0.05) is 54.2 Å². The number of thioether (sulfide) groups is 1. The van der Waals surface area contributed by atoms with Crippen molar-refractivity contribution in [3.05, 3.63) is 35.9 Å². The Morgan fingerprint density at radius 1 is 1.17 bits per heavy atom. The first-order valence-electron chi connectivity index (χ1n) is 12.3. The van der Waals surface area contributed by atoms with Crippen molar-refractivity contribution in [1.29, 1.82) is 5.26 Å². The molecule has 1 N–H and O–H groups in total. The highest BCUT2D eigenvalue weighted by Crippen LogP contribution is 2.47. The summed E-state index contributed by atoms with van der Waals surface area (Å²) in [6.45, 7) is 5.92. The molecular weight excluding hydrogens is 462 g/mol. The minimum Gasteiger partial charge on any atom is -0.365 e. The van der Waals surface area contributed by atoms with E-state index in [9.17, 15) is 5.26 Å². The largest absolute Gasteiger partial charge is 0.365 e. The maximum absolute atomic E-state index is 9.75. The number of nitriles is 1. The highest BCUT2D eigenvalue weighted by Gasteiger charge is 2.55. The average Bonchev–Trinajstić information content (AvgIpc) is 3.18. The zero-order chi connectivity index (χ0) is 24.2. The molecule has 1 saturated heterocycles. The van der Waals surface area contributed by atoms with Crippen molar-refractivity contribution in [2.24, 2.45) is 5.92 Å². The van der Waals surface area contributed by atoms with Crippen LogP contribution in [0.2, 0.25) is 0 Å². The molecule has 1 aromatic carbocycles. The standard InChI is InChI=1S/C25H29N7O2S/c1-4-10-35-24-28-22(27-17-12-16(17)14-8-6-5-7-9-14)19-23(29-24)32(31-30-19)18-11-15(13-26)20-21(18)34-25(2,3)33-20/h5-9,15-18,20-21H,4,10-12H2,1-3H3,(H,27,28,29)/t15-,16+,17-,18-,20-,21+/m1/s1. The zero-order valence-corrected chi connectivity index (χ0v) is 20.9. The van der Waals surface area contributed by atoms with Crippen molar-refractivity contribution in [3.8, 4) is 6.07 Å². The molecule has 0 radical (unpaired) electrons. The minimum absolute atomic E-state index is 0.179. The van der Waals surface area contributed by atoms with Crippen molar-refractivity contribution >= 4 is 28.7 Å². The Morgan fingerprint density at radius 2 is 1.97 bits per heavy atom. The van der Waals surface area contributed by atoms with Crippen LogP contribution in [0, 0.1) is 17.2 Å². The highest BCUT2D eigenvalue weighted by molar-refractivity contribution is 7.99. The first-order chi connectivity index (χ1) is 17.0. The number of ether oxygens (including phenoxy) is 2. The van der Waals surface area contributed by atoms with E-state index in [4.69, 9.17) is 19.4 Å². The summed E-state index contributed by atoms with van der Waals surface area (Å²) in [4.78, 5) is 9.68. The number of rotatable bonds is 7. The smallest absolute Gasteiger partial charge is 0.191 e. The summed E-state index contributed by atoms with van der Waals surface area (Å²) in [5.74, 6) is 1.11. The van der Waals surface area contributed by atoms with E-state index in [0.29, 0.717) is 34.7 Å². The predicted octanol–water partition coefficient (Wildman–Crippen LogP) is 4.30. The van der Waals surface area contributed by atoms with Crippen LogP contribution in [-0.4, -0.2) is 54.8 Å². The summed E-state index contributed by atoms with van der Waals surface area (Å²) in [7, 11) is 0. The summed E-state index contributed by atoms with van der Waals surface area (Å²) in [6.07, 6.45) is 2.11. The molecule has 0 spiro atoms. The number of hydrogen-bond acceptors (Lipinski definition) is 9. The van der Waals surface area contributed by atoms with Crippen LogP contribution in [0.25, 0.3) is 11.2 Å². The fourth-order valence-corrected chi connectivity index (χ4v) is 6.00. The first-order valence-corrected chi connectivity index (χ1v) is 13.3. The zero-order valence-electron chi connectivity index (χ0n) is 20.1. The Labute approximate surface area is 208 Å². The lowest BCUT2D eigenvalue weighted by atomic mass is 10.1. The van der Waals surface area contributed by atoms with E-state index in [0.717, 1.165) is 24.4 Å². The molecular formula is C25H29N7O2S. The van der Waals surface area contributed by atoms with Gasteiger partial charge in [-0.25, -0.2) is 14.6 Å². The van der Waals surface area contributed by atoms with Gasteiger partial charge in [0.1, 0.15) is 12.2 Å². The molecule has 182 valence electrons. The van der Waals surface area contributed by atoms with Gasteiger partial charge in [0, 0.05) is 17.7 Å². The fraction of sp³-hybridized carbons (Fsp3) is 0.560. The minimum atomic E-state index is -0.734. The lowest BCUT2D eigenvalue weighted by Crippen LogP contribution is -2.28. The number of nitrogens with zero attached hydrogens (tertiary/aromatic N) is 6. The predicted molar refractivity (Wildman–Crippen MR) is 132 cm³/mol. The van der Waals surface area contributed by atoms with E-state index >= 15 is 0 Å². The molecule has 3 heterocycles. The lowest BCUT2D eigenvalue weighted by Gasteiger charge is -2.22. The van der Waals surface area contributed by atoms with Crippen LogP contribution in [0.1, 0.15) is 57.6 Å². The molecule has 3 aromatic rings. The van der Waals surface area contributed by atoms with E-state index in [1.807, 2.05) is 24.6 Å². The van der Waals surface area contributed by atoms with Gasteiger partial charge in [0.05, 0.1) is 18.0 Å². The molecule has 0 amide bonds. The summed E-state index contributed by atoms with van der Waals surface area (Å²) in [6, 6.07) is 13.1. The van der Waals surface area contributed by atoms with Gasteiger partial charge in [-0.05, 0) is 38.7 Å². The second-order valence-corrected chi connectivity index (χ2v) is 11.1. The van der Waals surface area contributed by atoms with Crippen LogP contribution < -0.4 is 5.32 Å². The number of benzene rings is 1. The van der Waals surface area contributed by atoms with Crippen molar-refractivity contribution < 1.29 is 9.47 Å². The van der Waals surface area contributed by atoms with Gasteiger partial charge in [-0.2, -0.15) is 5.26 Å². The first kappa shape index (κ1) is 22.7. The summed E-state index contributed by atoms with van der Waals surface area (Å²) >= 11 is 1.63. The molecule has 2 aliphatic carbocycles. The highest BCUT2D eigenvalue weighted by atomic mass is 32.2. The van der Waals surface area contributed by atoms with Crippen LogP contribution in [0.4, 0.5) is 5.82 Å². The number of fused-ring (bicyclic) bond motifs is 2. The fourth-order valence-electron chi connectivity index (χ4n) is 5.31. The molecule has 2 aromatic heterocycles. The average molecular weight is 492 g/mol. The topological polar surface area (TPSA) is 111 Å². The molecule has 10 heteroatoms. The van der Waals surface area contributed by atoms with Gasteiger partial charge >= 0.3 is 0 Å². The third kappa shape index (κ3) is 4.15. The molecule has 6 atom stereocenters.